The lowest BCUT2D eigenvalue weighted by molar-refractivity contribution is 0.102. The van der Waals surface area contributed by atoms with Crippen molar-refractivity contribution in [1.82, 2.24) is 4.98 Å². The van der Waals surface area contributed by atoms with Crippen LogP contribution in [0.15, 0.2) is 15.7 Å². The number of hydrogen-bond donors (Lipinski definition) is 0. The van der Waals surface area contributed by atoms with Crippen molar-refractivity contribution in [1.29, 1.82) is 0 Å². The zero-order valence-corrected chi connectivity index (χ0v) is 10.3. The van der Waals surface area contributed by atoms with E-state index in [2.05, 4.69) is 20.9 Å². The monoisotopic (exact) mass is 275 g/mol. The van der Waals surface area contributed by atoms with Crippen LogP contribution in [0.25, 0.3) is 0 Å². The number of pyridine rings is 1. The van der Waals surface area contributed by atoms with Gasteiger partial charge in [0.15, 0.2) is 16.1 Å². The summed E-state index contributed by atoms with van der Waals surface area (Å²) in [6.45, 7) is 2.56. The lowest BCUT2D eigenvalue weighted by Gasteiger charge is -2.24. The van der Waals surface area contributed by atoms with Crippen molar-refractivity contribution in [3.8, 4) is 11.5 Å². The van der Waals surface area contributed by atoms with Gasteiger partial charge in [-0.3, -0.25) is 0 Å². The Hall–Kier alpha value is -0.420. The van der Waals surface area contributed by atoms with E-state index < -0.39 is 0 Å². The summed E-state index contributed by atoms with van der Waals surface area (Å²) in [7, 11) is 0. The molecule has 1 aliphatic rings. The van der Waals surface area contributed by atoms with Gasteiger partial charge in [0.05, 0.1) is 0 Å². The molecule has 0 bridgehead atoms. The Morgan fingerprint density at radius 3 is 3.14 bits per heavy atom. The lowest BCUT2D eigenvalue weighted by atomic mass is 10.3. The molecule has 1 aromatic heterocycles. The first-order valence-electron chi connectivity index (χ1n) is 4.24. The van der Waals surface area contributed by atoms with E-state index in [0.717, 1.165) is 10.8 Å². The molecule has 0 saturated heterocycles. The molecule has 0 aliphatic carbocycles. The number of thioether (sulfide) groups is 1. The molecule has 0 fully saturated rings. The Kier molecular flexibility index (Phi) is 2.88. The molecule has 0 spiro atoms. The van der Waals surface area contributed by atoms with Crippen LogP contribution in [-0.4, -0.2) is 24.0 Å². The number of halogens is 1. The summed E-state index contributed by atoms with van der Waals surface area (Å²) < 4.78 is 11.9. The topological polar surface area (TPSA) is 31.4 Å². The van der Waals surface area contributed by atoms with Crippen LogP contribution in [0.2, 0.25) is 0 Å². The van der Waals surface area contributed by atoms with E-state index in [1.165, 1.54) is 0 Å². The van der Waals surface area contributed by atoms with Gasteiger partial charge in [0.1, 0.15) is 17.7 Å². The molecule has 0 amide bonds. The standard InChI is InChI=1S/C9H10BrNO2S/c1-5-4-12-8-6(13-5)3-7(14-2)11-9(8)10/h3,5H,4H2,1-2H3. The van der Waals surface area contributed by atoms with Crippen LogP contribution < -0.4 is 9.47 Å². The Balaban J connectivity index is 2.43. The molecule has 0 aromatic carbocycles. The van der Waals surface area contributed by atoms with Gasteiger partial charge in [-0.15, -0.1) is 11.8 Å². The number of aromatic nitrogens is 1. The van der Waals surface area contributed by atoms with Crippen molar-refractivity contribution in [2.75, 3.05) is 12.9 Å². The van der Waals surface area contributed by atoms with Crippen LogP contribution in [0.4, 0.5) is 0 Å². The van der Waals surface area contributed by atoms with Gasteiger partial charge in [-0.2, -0.15) is 0 Å². The quantitative estimate of drug-likeness (QED) is 0.583. The first-order valence-corrected chi connectivity index (χ1v) is 6.26. The maximum atomic E-state index is 5.65. The van der Waals surface area contributed by atoms with Gasteiger partial charge < -0.3 is 9.47 Å². The molecule has 5 heteroatoms. The molecular formula is C9H10BrNO2S. The largest absolute Gasteiger partial charge is 0.483 e. The fraction of sp³-hybridized carbons (Fsp3) is 0.444. The van der Waals surface area contributed by atoms with E-state index in [9.17, 15) is 0 Å². The van der Waals surface area contributed by atoms with Gasteiger partial charge in [-0.05, 0) is 29.1 Å². The van der Waals surface area contributed by atoms with E-state index in [1.54, 1.807) is 11.8 Å². The molecule has 1 aliphatic heterocycles. The molecule has 3 nitrogen and oxygen atoms in total. The molecule has 0 N–H and O–H groups in total. The highest BCUT2D eigenvalue weighted by atomic mass is 79.9. The summed E-state index contributed by atoms with van der Waals surface area (Å²) in [4.78, 5) is 4.30. The Morgan fingerprint density at radius 2 is 2.43 bits per heavy atom. The fourth-order valence-electron chi connectivity index (χ4n) is 1.23. The normalized spacial score (nSPS) is 19.5. The van der Waals surface area contributed by atoms with Gasteiger partial charge in [0.2, 0.25) is 0 Å². The lowest BCUT2D eigenvalue weighted by Crippen LogP contribution is -2.26. The maximum absolute atomic E-state index is 5.65. The smallest absolute Gasteiger partial charge is 0.194 e. The summed E-state index contributed by atoms with van der Waals surface area (Å²) >= 11 is 4.94. The van der Waals surface area contributed by atoms with Gasteiger partial charge >= 0.3 is 0 Å². The number of nitrogens with zero attached hydrogens (tertiary/aromatic N) is 1. The minimum absolute atomic E-state index is 0.103. The number of fused-ring (bicyclic) bond motifs is 1. The summed E-state index contributed by atoms with van der Waals surface area (Å²) in [5, 5.41) is 0.924. The molecule has 1 unspecified atom stereocenters. The summed E-state index contributed by atoms with van der Waals surface area (Å²) in [6.07, 6.45) is 2.08. The van der Waals surface area contributed by atoms with Gasteiger partial charge in [0.25, 0.3) is 0 Å². The van der Waals surface area contributed by atoms with Crippen LogP contribution in [0.3, 0.4) is 0 Å². The molecule has 0 saturated carbocycles. The Morgan fingerprint density at radius 1 is 1.64 bits per heavy atom. The third-order valence-corrected chi connectivity index (χ3v) is 3.04. The highest BCUT2D eigenvalue weighted by Crippen LogP contribution is 2.39. The molecule has 76 valence electrons. The van der Waals surface area contributed by atoms with Crippen molar-refractivity contribution in [2.45, 2.75) is 18.1 Å². The average Bonchev–Trinajstić information content (AvgIpc) is 2.16. The van der Waals surface area contributed by atoms with Crippen LogP contribution >= 0.6 is 27.7 Å². The average molecular weight is 276 g/mol. The van der Waals surface area contributed by atoms with Crippen LogP contribution in [-0.2, 0) is 0 Å². The highest BCUT2D eigenvalue weighted by Gasteiger charge is 2.21. The summed E-state index contributed by atoms with van der Waals surface area (Å²) in [5.41, 5.74) is 0. The molecular weight excluding hydrogens is 266 g/mol. The zero-order chi connectivity index (χ0) is 10.1. The van der Waals surface area contributed by atoms with Crippen molar-refractivity contribution in [3.05, 3.63) is 10.7 Å². The van der Waals surface area contributed by atoms with E-state index in [-0.39, 0.29) is 6.10 Å². The number of ether oxygens (including phenoxy) is 2. The third kappa shape index (κ3) is 1.83. The second-order valence-electron chi connectivity index (χ2n) is 3.02. The minimum atomic E-state index is 0.103. The SMILES string of the molecule is CSc1cc2c(c(Br)n1)OCC(C)O2. The molecule has 0 radical (unpaired) electrons. The fourth-order valence-corrected chi connectivity index (χ4v) is 2.26. The molecule has 1 atom stereocenters. The number of rotatable bonds is 1. The van der Waals surface area contributed by atoms with Crippen molar-refractivity contribution in [3.63, 3.8) is 0 Å². The van der Waals surface area contributed by atoms with E-state index in [0.29, 0.717) is 17.0 Å². The van der Waals surface area contributed by atoms with Gasteiger partial charge in [0, 0.05) is 6.07 Å². The van der Waals surface area contributed by atoms with Crippen LogP contribution in [0.5, 0.6) is 11.5 Å². The van der Waals surface area contributed by atoms with E-state index in [1.807, 2.05) is 19.2 Å². The van der Waals surface area contributed by atoms with Crippen molar-refractivity contribution < 1.29 is 9.47 Å². The Labute approximate surface area is 95.3 Å². The third-order valence-electron chi connectivity index (χ3n) is 1.87. The van der Waals surface area contributed by atoms with E-state index in [4.69, 9.17) is 9.47 Å². The highest BCUT2D eigenvalue weighted by molar-refractivity contribution is 9.10. The molecule has 2 rings (SSSR count). The molecule has 2 heterocycles. The summed E-state index contributed by atoms with van der Waals surface area (Å²) in [6, 6.07) is 1.90. The van der Waals surface area contributed by atoms with Crippen molar-refractivity contribution in [2.24, 2.45) is 0 Å². The minimum Gasteiger partial charge on any atom is -0.483 e. The van der Waals surface area contributed by atoms with E-state index >= 15 is 0 Å². The first-order chi connectivity index (χ1) is 6.70. The summed E-state index contributed by atoms with van der Waals surface area (Å²) in [5.74, 6) is 1.48. The predicted molar refractivity (Wildman–Crippen MR) is 59.3 cm³/mol. The van der Waals surface area contributed by atoms with Gasteiger partial charge in [-0.25, -0.2) is 4.98 Å². The van der Waals surface area contributed by atoms with Crippen molar-refractivity contribution >= 4 is 27.7 Å². The molecule has 1 aromatic rings. The first kappa shape index (κ1) is 10.1. The van der Waals surface area contributed by atoms with Crippen LogP contribution in [0.1, 0.15) is 6.92 Å². The molecule has 14 heavy (non-hydrogen) atoms. The second kappa shape index (κ2) is 3.98. The Bertz CT molecular complexity index is 359. The predicted octanol–water partition coefficient (Wildman–Crippen LogP) is 2.73. The van der Waals surface area contributed by atoms with Crippen LogP contribution in [0, 0.1) is 0 Å². The van der Waals surface area contributed by atoms with Gasteiger partial charge in [-0.1, -0.05) is 0 Å². The zero-order valence-electron chi connectivity index (χ0n) is 7.91. The number of hydrogen-bond acceptors (Lipinski definition) is 4. The second-order valence-corrected chi connectivity index (χ2v) is 4.60. The maximum Gasteiger partial charge on any atom is 0.194 e.